The molecular formula is C11H12N4O5. The van der Waals surface area contributed by atoms with E-state index < -0.39 is 22.2 Å². The van der Waals surface area contributed by atoms with Crippen LogP contribution in [0.5, 0.6) is 0 Å². The van der Waals surface area contributed by atoms with Gasteiger partial charge in [0.05, 0.1) is 22.4 Å². The zero-order valence-corrected chi connectivity index (χ0v) is 10.5. The minimum absolute atomic E-state index is 0.0765. The van der Waals surface area contributed by atoms with Crippen LogP contribution in [-0.2, 0) is 0 Å². The first-order valence-corrected chi connectivity index (χ1v) is 5.74. The monoisotopic (exact) mass is 280 g/mol. The second-order valence-electron chi connectivity index (χ2n) is 4.31. The zero-order chi connectivity index (χ0) is 14.9. The molecule has 0 saturated heterocycles. The number of fused-ring (bicyclic) bond motifs is 1. The molecule has 0 spiro atoms. The average molecular weight is 280 g/mol. The molecule has 0 amide bonds. The predicted molar refractivity (Wildman–Crippen MR) is 72.0 cm³/mol. The van der Waals surface area contributed by atoms with Crippen molar-refractivity contribution in [2.45, 2.75) is 13.0 Å². The van der Waals surface area contributed by atoms with Gasteiger partial charge in [-0.05, 0) is 13.0 Å². The van der Waals surface area contributed by atoms with E-state index in [1.165, 1.54) is 6.07 Å². The summed E-state index contributed by atoms with van der Waals surface area (Å²) in [7, 11) is 0. The maximum atomic E-state index is 11.7. The van der Waals surface area contributed by atoms with Gasteiger partial charge in [0, 0.05) is 12.1 Å². The minimum Gasteiger partial charge on any atom is -0.394 e. The summed E-state index contributed by atoms with van der Waals surface area (Å²) in [6, 6.07) is 1.96. The van der Waals surface area contributed by atoms with E-state index in [9.17, 15) is 19.7 Å². The largest absolute Gasteiger partial charge is 0.394 e. The normalized spacial score (nSPS) is 12.3. The summed E-state index contributed by atoms with van der Waals surface area (Å²) in [6.45, 7) is 1.40. The Morgan fingerprint density at radius 3 is 2.70 bits per heavy atom. The quantitative estimate of drug-likeness (QED) is 0.456. The van der Waals surface area contributed by atoms with E-state index in [0.717, 1.165) is 6.07 Å². The van der Waals surface area contributed by atoms with Crippen molar-refractivity contribution < 1.29 is 10.0 Å². The maximum Gasteiger partial charge on any atom is 0.326 e. The highest BCUT2D eigenvalue weighted by atomic mass is 16.6. The molecule has 0 unspecified atom stereocenters. The predicted octanol–water partition coefficient (Wildman–Crippen LogP) is -0.0827. The van der Waals surface area contributed by atoms with Crippen molar-refractivity contribution in [1.82, 2.24) is 9.97 Å². The van der Waals surface area contributed by atoms with E-state index in [-0.39, 0.29) is 28.9 Å². The second kappa shape index (κ2) is 5.13. The molecule has 0 fully saturated rings. The van der Waals surface area contributed by atoms with Crippen LogP contribution in [0.1, 0.15) is 6.92 Å². The van der Waals surface area contributed by atoms with Gasteiger partial charge in [0.15, 0.2) is 0 Å². The van der Waals surface area contributed by atoms with E-state index in [0.29, 0.717) is 0 Å². The number of nitro groups is 1. The Kier molecular flexibility index (Phi) is 3.53. The summed E-state index contributed by atoms with van der Waals surface area (Å²) in [5.74, 6) is 0. The molecular weight excluding hydrogens is 268 g/mol. The first kappa shape index (κ1) is 13.7. The smallest absolute Gasteiger partial charge is 0.326 e. The second-order valence-corrected chi connectivity index (χ2v) is 4.31. The van der Waals surface area contributed by atoms with E-state index in [4.69, 9.17) is 5.11 Å². The van der Waals surface area contributed by atoms with Gasteiger partial charge >= 0.3 is 5.69 Å². The van der Waals surface area contributed by atoms with Gasteiger partial charge in [-0.25, -0.2) is 4.79 Å². The SMILES string of the molecule is C[C@@H](CO)Nc1cc2c(=O)[nH]c(=O)[nH]c2cc1[N+](=O)[O-]. The Bertz CT molecular complexity index is 778. The molecule has 20 heavy (non-hydrogen) atoms. The van der Waals surface area contributed by atoms with Crippen LogP contribution in [0.3, 0.4) is 0 Å². The Hall–Kier alpha value is -2.68. The number of H-pyrrole nitrogens is 2. The molecule has 1 atom stereocenters. The molecule has 0 aliphatic carbocycles. The number of benzene rings is 1. The molecule has 4 N–H and O–H groups in total. The molecule has 2 rings (SSSR count). The molecule has 9 heteroatoms. The van der Waals surface area contributed by atoms with Gasteiger partial charge in [0.2, 0.25) is 0 Å². The van der Waals surface area contributed by atoms with E-state index in [2.05, 4.69) is 10.3 Å². The van der Waals surface area contributed by atoms with Crippen LogP contribution in [0, 0.1) is 10.1 Å². The standard InChI is InChI=1S/C11H12N4O5/c1-5(4-16)12-8-2-6-7(3-9(8)15(19)20)13-11(18)14-10(6)17/h2-3,5,12,16H,4H2,1H3,(H2,13,14,17,18)/t5-/m0/s1. The van der Waals surface area contributed by atoms with E-state index in [1.807, 2.05) is 4.98 Å². The lowest BCUT2D eigenvalue weighted by atomic mass is 10.1. The molecule has 2 aromatic rings. The number of rotatable bonds is 4. The Balaban J connectivity index is 2.72. The number of aromatic nitrogens is 2. The van der Waals surface area contributed by atoms with Crippen LogP contribution in [0.4, 0.5) is 11.4 Å². The van der Waals surface area contributed by atoms with Gasteiger partial charge in [-0.15, -0.1) is 0 Å². The molecule has 0 saturated carbocycles. The number of hydrogen-bond donors (Lipinski definition) is 4. The number of nitrogens with zero attached hydrogens (tertiary/aromatic N) is 1. The molecule has 0 bridgehead atoms. The molecule has 9 nitrogen and oxygen atoms in total. The summed E-state index contributed by atoms with van der Waals surface area (Å²) in [4.78, 5) is 37.6. The number of aromatic amines is 2. The maximum absolute atomic E-state index is 11.7. The van der Waals surface area contributed by atoms with Gasteiger partial charge in [-0.1, -0.05) is 0 Å². The third-order valence-corrected chi connectivity index (χ3v) is 2.73. The fraction of sp³-hybridized carbons (Fsp3) is 0.273. The van der Waals surface area contributed by atoms with E-state index in [1.54, 1.807) is 6.92 Å². The Morgan fingerprint density at radius 1 is 1.40 bits per heavy atom. The molecule has 106 valence electrons. The molecule has 1 heterocycles. The van der Waals surface area contributed by atoms with Crippen molar-refractivity contribution in [3.05, 3.63) is 43.1 Å². The summed E-state index contributed by atoms with van der Waals surface area (Å²) < 4.78 is 0. The molecule has 0 radical (unpaired) electrons. The number of hydrogen-bond acceptors (Lipinski definition) is 6. The third-order valence-electron chi connectivity index (χ3n) is 2.73. The van der Waals surface area contributed by atoms with Gasteiger partial charge in [0.1, 0.15) is 5.69 Å². The van der Waals surface area contributed by atoms with Crippen molar-refractivity contribution in [3.63, 3.8) is 0 Å². The number of nitrogens with one attached hydrogen (secondary N) is 3. The Morgan fingerprint density at radius 2 is 2.10 bits per heavy atom. The zero-order valence-electron chi connectivity index (χ0n) is 10.5. The van der Waals surface area contributed by atoms with Gasteiger partial charge in [-0.2, -0.15) is 0 Å². The third kappa shape index (κ3) is 2.52. The van der Waals surface area contributed by atoms with E-state index >= 15 is 0 Å². The van der Waals surface area contributed by atoms with Crippen LogP contribution >= 0.6 is 0 Å². The van der Waals surface area contributed by atoms with Crippen LogP contribution in [-0.4, -0.2) is 32.6 Å². The first-order valence-electron chi connectivity index (χ1n) is 5.74. The number of nitro benzene ring substituents is 1. The number of aliphatic hydroxyl groups excluding tert-OH is 1. The van der Waals surface area contributed by atoms with Gasteiger partial charge in [-0.3, -0.25) is 19.9 Å². The molecule has 1 aromatic heterocycles. The summed E-state index contributed by atoms with van der Waals surface area (Å²) in [5.41, 5.74) is -1.49. The highest BCUT2D eigenvalue weighted by molar-refractivity contribution is 5.86. The van der Waals surface area contributed by atoms with Crippen molar-refractivity contribution in [3.8, 4) is 0 Å². The van der Waals surface area contributed by atoms with Crippen molar-refractivity contribution in [2.75, 3.05) is 11.9 Å². The molecule has 1 aromatic carbocycles. The topological polar surface area (TPSA) is 141 Å². The highest BCUT2D eigenvalue weighted by Gasteiger charge is 2.18. The van der Waals surface area contributed by atoms with Gasteiger partial charge < -0.3 is 15.4 Å². The van der Waals surface area contributed by atoms with Crippen molar-refractivity contribution in [2.24, 2.45) is 0 Å². The molecule has 0 aliphatic heterocycles. The summed E-state index contributed by atoms with van der Waals surface area (Å²) in [5, 5.41) is 22.9. The number of anilines is 1. The van der Waals surface area contributed by atoms with Crippen LogP contribution in [0.2, 0.25) is 0 Å². The average Bonchev–Trinajstić information content (AvgIpc) is 2.38. The highest BCUT2D eigenvalue weighted by Crippen LogP contribution is 2.28. The van der Waals surface area contributed by atoms with Gasteiger partial charge in [0.25, 0.3) is 11.2 Å². The lowest BCUT2D eigenvalue weighted by Gasteiger charge is -2.12. The fourth-order valence-corrected chi connectivity index (χ4v) is 1.78. The number of aliphatic hydroxyl groups is 1. The lowest BCUT2D eigenvalue weighted by Crippen LogP contribution is -2.23. The minimum atomic E-state index is -0.735. The Labute approximate surface area is 111 Å². The van der Waals surface area contributed by atoms with Crippen LogP contribution in [0.25, 0.3) is 10.9 Å². The summed E-state index contributed by atoms with van der Waals surface area (Å²) in [6.07, 6.45) is 0. The molecule has 0 aliphatic rings. The van der Waals surface area contributed by atoms with Crippen LogP contribution < -0.4 is 16.6 Å². The van der Waals surface area contributed by atoms with Crippen molar-refractivity contribution >= 4 is 22.3 Å². The first-order chi connectivity index (χ1) is 9.42. The van der Waals surface area contributed by atoms with Crippen molar-refractivity contribution in [1.29, 1.82) is 0 Å². The van der Waals surface area contributed by atoms with Crippen LogP contribution in [0.15, 0.2) is 21.7 Å². The lowest BCUT2D eigenvalue weighted by molar-refractivity contribution is -0.383. The fourth-order valence-electron chi connectivity index (χ4n) is 1.78. The summed E-state index contributed by atoms with van der Waals surface area (Å²) >= 11 is 0.